The molecule has 0 saturated heterocycles. The van der Waals surface area contributed by atoms with Crippen LogP contribution in [-0.2, 0) is 0 Å². The standard InChI is InChI=1S/C8H7N5/c1-2-5-9-8(4-1)11-12-13-7-3-6-10-13/h1-7H. The van der Waals surface area contributed by atoms with E-state index in [1.54, 1.807) is 30.7 Å². The smallest absolute Gasteiger partial charge is 0.176 e. The molecule has 0 spiro atoms. The first-order chi connectivity index (χ1) is 6.45. The second-order valence-corrected chi connectivity index (χ2v) is 2.30. The minimum absolute atomic E-state index is 0.568. The molecule has 0 amide bonds. The van der Waals surface area contributed by atoms with Gasteiger partial charge >= 0.3 is 0 Å². The summed E-state index contributed by atoms with van der Waals surface area (Å²) in [5.41, 5.74) is 0. The quantitative estimate of drug-likeness (QED) is 0.650. The molecule has 2 aromatic rings. The Hall–Kier alpha value is -2.04. The van der Waals surface area contributed by atoms with Gasteiger partial charge in [-0.25, -0.2) is 4.98 Å². The fraction of sp³-hybridized carbons (Fsp3) is 0. The van der Waals surface area contributed by atoms with Crippen LogP contribution in [0.3, 0.4) is 0 Å². The molecule has 2 rings (SSSR count). The SMILES string of the molecule is c1ccc(N=Nn2cccn2)nc1. The van der Waals surface area contributed by atoms with Gasteiger partial charge in [0.15, 0.2) is 5.82 Å². The molecule has 0 aliphatic heterocycles. The van der Waals surface area contributed by atoms with Crippen LogP contribution in [0.15, 0.2) is 53.2 Å². The van der Waals surface area contributed by atoms with Gasteiger partial charge in [-0.3, -0.25) is 0 Å². The van der Waals surface area contributed by atoms with Crippen molar-refractivity contribution in [2.75, 3.05) is 0 Å². The van der Waals surface area contributed by atoms with E-state index in [2.05, 4.69) is 20.4 Å². The molecule has 5 heteroatoms. The topological polar surface area (TPSA) is 55.4 Å². The average molecular weight is 173 g/mol. The largest absolute Gasteiger partial charge is 0.236 e. The summed E-state index contributed by atoms with van der Waals surface area (Å²) in [5, 5.41) is 11.5. The molecule has 2 aromatic heterocycles. The minimum Gasteiger partial charge on any atom is -0.236 e. The summed E-state index contributed by atoms with van der Waals surface area (Å²) in [6.07, 6.45) is 5.00. The van der Waals surface area contributed by atoms with E-state index >= 15 is 0 Å². The maximum atomic E-state index is 3.98. The first-order valence-corrected chi connectivity index (χ1v) is 3.78. The molecule has 0 aliphatic rings. The molecule has 0 fully saturated rings. The van der Waals surface area contributed by atoms with E-state index < -0.39 is 0 Å². The van der Waals surface area contributed by atoms with Gasteiger partial charge in [0.1, 0.15) is 0 Å². The van der Waals surface area contributed by atoms with Crippen LogP contribution in [0, 0.1) is 0 Å². The van der Waals surface area contributed by atoms with Gasteiger partial charge in [0.05, 0.1) is 12.4 Å². The van der Waals surface area contributed by atoms with Crippen LogP contribution in [0.1, 0.15) is 0 Å². The van der Waals surface area contributed by atoms with E-state index in [1.807, 2.05) is 12.1 Å². The Morgan fingerprint density at radius 3 is 2.85 bits per heavy atom. The lowest BCUT2D eigenvalue weighted by Crippen LogP contribution is -1.84. The second-order valence-electron chi connectivity index (χ2n) is 2.30. The Morgan fingerprint density at radius 2 is 2.15 bits per heavy atom. The zero-order valence-corrected chi connectivity index (χ0v) is 6.78. The van der Waals surface area contributed by atoms with Crippen molar-refractivity contribution in [3.8, 4) is 0 Å². The van der Waals surface area contributed by atoms with Crippen LogP contribution >= 0.6 is 0 Å². The van der Waals surface area contributed by atoms with Gasteiger partial charge in [0, 0.05) is 6.20 Å². The van der Waals surface area contributed by atoms with Crippen molar-refractivity contribution in [3.05, 3.63) is 42.9 Å². The molecule has 0 radical (unpaired) electrons. The maximum Gasteiger partial charge on any atom is 0.176 e. The van der Waals surface area contributed by atoms with Crippen LogP contribution in [-0.4, -0.2) is 14.9 Å². The first-order valence-electron chi connectivity index (χ1n) is 3.78. The lowest BCUT2D eigenvalue weighted by atomic mass is 10.5. The molecule has 0 saturated carbocycles. The maximum absolute atomic E-state index is 3.98. The highest BCUT2D eigenvalue weighted by Crippen LogP contribution is 2.05. The zero-order chi connectivity index (χ0) is 8.93. The summed E-state index contributed by atoms with van der Waals surface area (Å²) in [7, 11) is 0. The van der Waals surface area contributed by atoms with Gasteiger partial charge in [0.2, 0.25) is 0 Å². The van der Waals surface area contributed by atoms with Crippen molar-refractivity contribution in [2.45, 2.75) is 0 Å². The van der Waals surface area contributed by atoms with Gasteiger partial charge < -0.3 is 0 Å². The molecular formula is C8H7N5. The van der Waals surface area contributed by atoms with Crippen molar-refractivity contribution in [1.82, 2.24) is 14.9 Å². The Bertz CT molecular complexity index is 378. The highest BCUT2D eigenvalue weighted by molar-refractivity contribution is 5.23. The normalized spacial score (nSPS) is 10.8. The first kappa shape index (κ1) is 7.60. The lowest BCUT2D eigenvalue weighted by molar-refractivity contribution is 0.690. The van der Waals surface area contributed by atoms with Crippen molar-refractivity contribution >= 4 is 5.82 Å². The third kappa shape index (κ3) is 1.96. The van der Waals surface area contributed by atoms with E-state index in [0.717, 1.165) is 0 Å². The molecule has 0 aromatic carbocycles. The molecule has 0 bridgehead atoms. The summed E-state index contributed by atoms with van der Waals surface area (Å²) in [4.78, 5) is 5.35. The van der Waals surface area contributed by atoms with Crippen LogP contribution in [0.2, 0.25) is 0 Å². The van der Waals surface area contributed by atoms with Crippen molar-refractivity contribution < 1.29 is 0 Å². The summed E-state index contributed by atoms with van der Waals surface area (Å²) in [6, 6.07) is 7.22. The number of rotatable bonds is 2. The zero-order valence-electron chi connectivity index (χ0n) is 6.78. The van der Waals surface area contributed by atoms with Crippen LogP contribution < -0.4 is 0 Å². The second kappa shape index (κ2) is 3.57. The summed E-state index contributed by atoms with van der Waals surface area (Å²) >= 11 is 0. The number of nitrogens with zero attached hydrogens (tertiary/aromatic N) is 5. The highest BCUT2D eigenvalue weighted by atomic mass is 15.6. The summed E-state index contributed by atoms with van der Waals surface area (Å²) in [6.45, 7) is 0. The predicted octanol–water partition coefficient (Wildman–Crippen LogP) is 1.83. The molecule has 0 unspecified atom stereocenters. The lowest BCUT2D eigenvalue weighted by Gasteiger charge is -1.88. The molecule has 5 nitrogen and oxygen atoms in total. The monoisotopic (exact) mass is 173 g/mol. The molecule has 2 heterocycles. The number of pyridine rings is 1. The Balaban J connectivity index is 2.15. The van der Waals surface area contributed by atoms with Gasteiger partial charge in [-0.15, -0.1) is 9.91 Å². The Morgan fingerprint density at radius 1 is 1.15 bits per heavy atom. The Kier molecular flexibility index (Phi) is 2.09. The summed E-state index contributed by atoms with van der Waals surface area (Å²) in [5.74, 6) is 0.568. The molecule has 0 atom stereocenters. The predicted molar refractivity (Wildman–Crippen MR) is 46.4 cm³/mol. The third-order valence-electron chi connectivity index (χ3n) is 1.38. The van der Waals surface area contributed by atoms with E-state index in [-0.39, 0.29) is 0 Å². The molecule has 64 valence electrons. The van der Waals surface area contributed by atoms with Gasteiger partial charge in [-0.05, 0) is 23.4 Å². The van der Waals surface area contributed by atoms with Crippen LogP contribution in [0.5, 0.6) is 0 Å². The van der Waals surface area contributed by atoms with Crippen LogP contribution in [0.25, 0.3) is 0 Å². The summed E-state index contributed by atoms with van der Waals surface area (Å²) < 4.78 is 0. The molecule has 0 N–H and O–H groups in total. The van der Waals surface area contributed by atoms with Crippen molar-refractivity contribution in [2.24, 2.45) is 10.3 Å². The third-order valence-corrected chi connectivity index (χ3v) is 1.38. The Labute approximate surface area is 74.7 Å². The molecular weight excluding hydrogens is 166 g/mol. The number of hydrogen-bond donors (Lipinski definition) is 0. The minimum atomic E-state index is 0.568. The van der Waals surface area contributed by atoms with Gasteiger partial charge in [0.25, 0.3) is 0 Å². The highest BCUT2D eigenvalue weighted by Gasteiger charge is 1.87. The van der Waals surface area contributed by atoms with E-state index in [0.29, 0.717) is 5.82 Å². The van der Waals surface area contributed by atoms with Gasteiger partial charge in [-0.1, -0.05) is 6.07 Å². The number of aromatic nitrogens is 3. The average Bonchev–Trinajstić information content (AvgIpc) is 2.69. The number of hydrogen-bond acceptors (Lipinski definition) is 4. The van der Waals surface area contributed by atoms with Crippen molar-refractivity contribution in [1.29, 1.82) is 0 Å². The van der Waals surface area contributed by atoms with E-state index in [9.17, 15) is 0 Å². The molecule has 0 aliphatic carbocycles. The fourth-order valence-corrected chi connectivity index (χ4v) is 0.818. The van der Waals surface area contributed by atoms with Gasteiger partial charge in [-0.2, -0.15) is 5.10 Å². The fourth-order valence-electron chi connectivity index (χ4n) is 0.818. The van der Waals surface area contributed by atoms with Crippen molar-refractivity contribution in [3.63, 3.8) is 0 Å². The van der Waals surface area contributed by atoms with Crippen LogP contribution in [0.4, 0.5) is 5.82 Å². The van der Waals surface area contributed by atoms with E-state index in [1.165, 1.54) is 4.79 Å². The van der Waals surface area contributed by atoms with E-state index in [4.69, 9.17) is 0 Å². The molecule has 13 heavy (non-hydrogen) atoms.